The van der Waals surface area contributed by atoms with Crippen LogP contribution in [0.2, 0.25) is 4.34 Å². The van der Waals surface area contributed by atoms with Gasteiger partial charge >= 0.3 is 0 Å². The van der Waals surface area contributed by atoms with Gasteiger partial charge in [-0.05, 0) is 31.4 Å². The molecule has 2 rings (SSSR count). The normalized spacial score (nSPS) is 22.2. The molecule has 1 saturated heterocycles. The second-order valence-electron chi connectivity index (χ2n) is 4.12. The molecule has 1 N–H and O–H groups in total. The minimum atomic E-state index is -3.49. The molecule has 0 spiro atoms. The van der Waals surface area contributed by atoms with Gasteiger partial charge in [-0.25, -0.2) is 8.42 Å². The van der Waals surface area contributed by atoms with Gasteiger partial charge in [-0.15, -0.1) is 11.3 Å². The van der Waals surface area contributed by atoms with E-state index in [9.17, 15) is 13.5 Å². The van der Waals surface area contributed by atoms with Gasteiger partial charge in [-0.2, -0.15) is 4.31 Å². The average molecular weight is 296 g/mol. The molecule has 1 aromatic rings. The first-order valence-corrected chi connectivity index (χ1v) is 7.99. The molecule has 2 heterocycles. The van der Waals surface area contributed by atoms with E-state index in [1.54, 1.807) is 13.0 Å². The third-order valence-corrected chi connectivity index (χ3v) is 6.89. The summed E-state index contributed by atoms with van der Waals surface area (Å²) in [6.45, 7) is 2.13. The minimum Gasteiger partial charge on any atom is -0.395 e. The lowest BCUT2D eigenvalue weighted by molar-refractivity contribution is 0.213. The fraction of sp³-hybridized carbons (Fsp3) is 0.600. The van der Waals surface area contributed by atoms with Crippen LogP contribution in [-0.4, -0.2) is 37.0 Å². The van der Waals surface area contributed by atoms with E-state index in [-0.39, 0.29) is 16.9 Å². The predicted octanol–water partition coefficient (Wildman–Crippen LogP) is 1.86. The van der Waals surface area contributed by atoms with Gasteiger partial charge in [0.2, 0.25) is 0 Å². The van der Waals surface area contributed by atoms with E-state index in [1.807, 2.05) is 0 Å². The molecule has 1 aliphatic rings. The van der Waals surface area contributed by atoms with Crippen LogP contribution in [0.4, 0.5) is 0 Å². The maximum Gasteiger partial charge on any atom is 0.252 e. The van der Waals surface area contributed by atoms with Crippen LogP contribution in [0.25, 0.3) is 0 Å². The molecule has 1 atom stereocenters. The van der Waals surface area contributed by atoms with E-state index in [0.717, 1.165) is 23.3 Å². The fourth-order valence-electron chi connectivity index (χ4n) is 1.98. The van der Waals surface area contributed by atoms with E-state index in [0.29, 0.717) is 17.3 Å². The zero-order chi connectivity index (χ0) is 12.6. The number of halogens is 1. The highest BCUT2D eigenvalue weighted by Gasteiger charge is 2.35. The van der Waals surface area contributed by atoms with Crippen LogP contribution in [0, 0.1) is 6.92 Å². The van der Waals surface area contributed by atoms with Crippen molar-refractivity contribution in [1.82, 2.24) is 4.31 Å². The van der Waals surface area contributed by atoms with Gasteiger partial charge in [0.15, 0.2) is 0 Å². The molecule has 1 aromatic heterocycles. The molecule has 7 heteroatoms. The van der Waals surface area contributed by atoms with Crippen molar-refractivity contribution in [3.05, 3.63) is 16.0 Å². The van der Waals surface area contributed by atoms with Crippen molar-refractivity contribution in [3.63, 3.8) is 0 Å². The Labute approximate surface area is 110 Å². The van der Waals surface area contributed by atoms with Crippen molar-refractivity contribution < 1.29 is 13.5 Å². The summed E-state index contributed by atoms with van der Waals surface area (Å²) in [5.74, 6) is 0. The number of sulfonamides is 1. The van der Waals surface area contributed by atoms with E-state index >= 15 is 0 Å². The quantitative estimate of drug-likeness (QED) is 0.926. The zero-order valence-electron chi connectivity index (χ0n) is 9.39. The molecule has 0 bridgehead atoms. The first kappa shape index (κ1) is 13.3. The van der Waals surface area contributed by atoms with Crippen molar-refractivity contribution in [2.45, 2.75) is 30.0 Å². The van der Waals surface area contributed by atoms with Gasteiger partial charge in [0.25, 0.3) is 10.0 Å². The average Bonchev–Trinajstić information content (AvgIpc) is 2.86. The maximum absolute atomic E-state index is 12.3. The first-order chi connectivity index (χ1) is 7.96. The standard InChI is InChI=1S/C10H14ClNO3S2/c1-7-5-9(16-10(7)11)17(14,15)12-4-2-3-8(12)6-13/h5,8,13H,2-4,6H2,1H3. The van der Waals surface area contributed by atoms with Gasteiger partial charge in [-0.3, -0.25) is 0 Å². The van der Waals surface area contributed by atoms with Gasteiger partial charge in [-0.1, -0.05) is 11.6 Å². The largest absolute Gasteiger partial charge is 0.395 e. The summed E-state index contributed by atoms with van der Waals surface area (Å²) in [7, 11) is -3.49. The molecular formula is C10H14ClNO3S2. The number of nitrogens with zero attached hydrogens (tertiary/aromatic N) is 1. The van der Waals surface area contributed by atoms with Crippen molar-refractivity contribution in [3.8, 4) is 0 Å². The third kappa shape index (κ3) is 2.37. The van der Waals surface area contributed by atoms with Crippen LogP contribution in [0.15, 0.2) is 10.3 Å². The first-order valence-electron chi connectivity index (χ1n) is 5.35. The molecule has 1 unspecified atom stereocenters. The molecular weight excluding hydrogens is 282 g/mol. The summed E-state index contributed by atoms with van der Waals surface area (Å²) >= 11 is 6.97. The second-order valence-corrected chi connectivity index (χ2v) is 7.89. The predicted molar refractivity (Wildman–Crippen MR) is 68.1 cm³/mol. The Balaban J connectivity index is 2.36. The lowest BCUT2D eigenvalue weighted by Gasteiger charge is -2.21. The highest BCUT2D eigenvalue weighted by molar-refractivity contribution is 7.91. The van der Waals surface area contributed by atoms with Crippen molar-refractivity contribution in [1.29, 1.82) is 0 Å². The Morgan fingerprint density at radius 3 is 2.88 bits per heavy atom. The topological polar surface area (TPSA) is 57.6 Å². The lowest BCUT2D eigenvalue weighted by atomic mass is 10.2. The van der Waals surface area contributed by atoms with Crippen LogP contribution in [0.3, 0.4) is 0 Å². The molecule has 0 aliphatic carbocycles. The monoisotopic (exact) mass is 295 g/mol. The van der Waals surface area contributed by atoms with E-state index in [2.05, 4.69) is 0 Å². The number of thiophene rings is 1. The number of aryl methyl sites for hydroxylation is 1. The Kier molecular flexibility index (Phi) is 3.80. The Morgan fingerprint density at radius 2 is 2.35 bits per heavy atom. The summed E-state index contributed by atoms with van der Waals surface area (Å²) in [6, 6.07) is 1.30. The fourth-order valence-corrected chi connectivity index (χ4v) is 5.51. The molecule has 17 heavy (non-hydrogen) atoms. The highest BCUT2D eigenvalue weighted by atomic mass is 35.5. The molecule has 0 aromatic carbocycles. The molecule has 1 fully saturated rings. The van der Waals surface area contributed by atoms with Crippen LogP contribution < -0.4 is 0 Å². The molecule has 0 amide bonds. The second kappa shape index (κ2) is 4.85. The summed E-state index contributed by atoms with van der Waals surface area (Å²) in [5.41, 5.74) is 0.773. The number of aliphatic hydroxyl groups is 1. The Morgan fingerprint density at radius 1 is 1.65 bits per heavy atom. The smallest absolute Gasteiger partial charge is 0.252 e. The van der Waals surface area contributed by atoms with Crippen LogP contribution in [-0.2, 0) is 10.0 Å². The SMILES string of the molecule is Cc1cc(S(=O)(=O)N2CCCC2CO)sc1Cl. The number of hydrogen-bond acceptors (Lipinski definition) is 4. The van der Waals surface area contributed by atoms with Crippen LogP contribution >= 0.6 is 22.9 Å². The minimum absolute atomic E-state index is 0.128. The van der Waals surface area contributed by atoms with Gasteiger partial charge < -0.3 is 5.11 Å². The summed E-state index contributed by atoms with van der Waals surface area (Å²) in [5, 5.41) is 9.18. The zero-order valence-corrected chi connectivity index (χ0v) is 11.8. The van der Waals surface area contributed by atoms with Gasteiger partial charge in [0.05, 0.1) is 10.9 Å². The van der Waals surface area contributed by atoms with Crippen LogP contribution in [0.5, 0.6) is 0 Å². The van der Waals surface area contributed by atoms with Crippen LogP contribution in [0.1, 0.15) is 18.4 Å². The van der Waals surface area contributed by atoms with Gasteiger partial charge in [0, 0.05) is 12.6 Å². The molecule has 0 saturated carbocycles. The Hall–Kier alpha value is -0.140. The molecule has 1 aliphatic heterocycles. The summed E-state index contributed by atoms with van der Waals surface area (Å²) in [4.78, 5) is 0. The molecule has 4 nitrogen and oxygen atoms in total. The molecule has 0 radical (unpaired) electrons. The number of rotatable bonds is 3. The van der Waals surface area contributed by atoms with Crippen molar-refractivity contribution >= 4 is 33.0 Å². The van der Waals surface area contributed by atoms with Crippen molar-refractivity contribution in [2.75, 3.05) is 13.2 Å². The summed E-state index contributed by atoms with van der Waals surface area (Å²) in [6.07, 6.45) is 1.51. The Bertz CT molecular complexity index is 492. The number of hydrogen-bond donors (Lipinski definition) is 1. The van der Waals surface area contributed by atoms with E-state index < -0.39 is 10.0 Å². The molecule has 96 valence electrons. The maximum atomic E-state index is 12.3. The number of aliphatic hydroxyl groups excluding tert-OH is 1. The summed E-state index contributed by atoms with van der Waals surface area (Å²) < 4.78 is 26.8. The lowest BCUT2D eigenvalue weighted by Crippen LogP contribution is -2.37. The highest BCUT2D eigenvalue weighted by Crippen LogP contribution is 2.34. The third-order valence-electron chi connectivity index (χ3n) is 2.93. The van der Waals surface area contributed by atoms with E-state index in [1.165, 1.54) is 4.31 Å². The van der Waals surface area contributed by atoms with E-state index in [4.69, 9.17) is 11.6 Å². The van der Waals surface area contributed by atoms with Crippen molar-refractivity contribution in [2.24, 2.45) is 0 Å². The van der Waals surface area contributed by atoms with Gasteiger partial charge in [0.1, 0.15) is 4.21 Å².